The zero-order valence-electron chi connectivity index (χ0n) is 12.1. The molecule has 2 nitrogen and oxygen atoms in total. The Hall–Kier alpha value is -1.51. The summed E-state index contributed by atoms with van der Waals surface area (Å²) in [7, 11) is 0. The van der Waals surface area contributed by atoms with Crippen molar-refractivity contribution in [2.45, 2.75) is 33.2 Å². The monoisotopic (exact) mass is 289 g/mol. The summed E-state index contributed by atoms with van der Waals surface area (Å²) in [4.78, 5) is 0. The molecule has 3 heteroatoms. The van der Waals surface area contributed by atoms with Gasteiger partial charge >= 0.3 is 0 Å². The fourth-order valence-corrected chi connectivity index (χ4v) is 2.61. The lowest BCUT2D eigenvalue weighted by atomic mass is 10.1. The van der Waals surface area contributed by atoms with Gasteiger partial charge in [-0.3, -0.25) is 0 Å². The molecule has 0 spiro atoms. The third-order valence-electron chi connectivity index (χ3n) is 3.10. The van der Waals surface area contributed by atoms with E-state index in [0.29, 0.717) is 0 Å². The van der Waals surface area contributed by atoms with Crippen molar-refractivity contribution in [3.05, 3.63) is 58.1 Å². The Morgan fingerprint density at radius 3 is 2.40 bits per heavy atom. The third-order valence-corrected chi connectivity index (χ3v) is 3.32. The molecule has 1 atom stereocenters. The number of halogens is 1. The Labute approximate surface area is 125 Å². The molecule has 20 heavy (non-hydrogen) atoms. The van der Waals surface area contributed by atoms with E-state index in [1.165, 1.54) is 5.56 Å². The topological polar surface area (TPSA) is 35.2 Å². The zero-order chi connectivity index (χ0) is 14.7. The molecule has 0 fully saturated rings. The molecule has 0 aromatic heterocycles. The van der Waals surface area contributed by atoms with E-state index in [1.807, 2.05) is 51.1 Å². The van der Waals surface area contributed by atoms with Gasteiger partial charge in [0.1, 0.15) is 11.5 Å². The Bertz CT molecular complexity index is 585. The average Bonchev–Trinajstić information content (AvgIpc) is 2.33. The van der Waals surface area contributed by atoms with E-state index in [-0.39, 0.29) is 6.04 Å². The molecular formula is C17H20ClNO. The summed E-state index contributed by atoms with van der Waals surface area (Å²) in [6, 6.07) is 12.0. The van der Waals surface area contributed by atoms with Gasteiger partial charge in [0.15, 0.2) is 0 Å². The van der Waals surface area contributed by atoms with E-state index in [9.17, 15) is 0 Å². The second-order valence-electron chi connectivity index (χ2n) is 5.30. The van der Waals surface area contributed by atoms with Crippen molar-refractivity contribution < 1.29 is 4.74 Å². The summed E-state index contributed by atoms with van der Waals surface area (Å²) in [5.41, 5.74) is 9.09. The summed E-state index contributed by atoms with van der Waals surface area (Å²) in [6.45, 7) is 6.00. The molecule has 0 saturated heterocycles. The van der Waals surface area contributed by atoms with Crippen molar-refractivity contribution in [2.24, 2.45) is 5.73 Å². The number of hydrogen-bond donors (Lipinski definition) is 1. The predicted molar refractivity (Wildman–Crippen MR) is 84.8 cm³/mol. The van der Waals surface area contributed by atoms with Gasteiger partial charge in [-0.25, -0.2) is 0 Å². The molecule has 106 valence electrons. The first-order valence-corrected chi connectivity index (χ1v) is 7.12. The van der Waals surface area contributed by atoms with Crippen LogP contribution in [0.15, 0.2) is 36.4 Å². The highest BCUT2D eigenvalue weighted by atomic mass is 35.5. The molecule has 0 amide bonds. The van der Waals surface area contributed by atoms with Gasteiger partial charge in [-0.1, -0.05) is 23.7 Å². The smallest absolute Gasteiger partial charge is 0.133 e. The van der Waals surface area contributed by atoms with Gasteiger partial charge in [-0.15, -0.1) is 0 Å². The Kier molecular flexibility index (Phi) is 4.69. The lowest BCUT2D eigenvalue weighted by Gasteiger charge is -2.13. The van der Waals surface area contributed by atoms with Crippen LogP contribution >= 0.6 is 11.6 Å². The van der Waals surface area contributed by atoms with Gasteiger partial charge < -0.3 is 10.5 Å². The normalized spacial score (nSPS) is 12.2. The first-order chi connectivity index (χ1) is 9.45. The van der Waals surface area contributed by atoms with Gasteiger partial charge in [-0.2, -0.15) is 0 Å². The highest BCUT2D eigenvalue weighted by molar-refractivity contribution is 6.30. The summed E-state index contributed by atoms with van der Waals surface area (Å²) >= 11 is 6.04. The Balaban J connectivity index is 2.26. The molecule has 0 aliphatic rings. The van der Waals surface area contributed by atoms with Crippen LogP contribution in [-0.4, -0.2) is 6.04 Å². The maximum Gasteiger partial charge on any atom is 0.133 e. The highest BCUT2D eigenvalue weighted by Gasteiger charge is 2.08. The number of hydrogen-bond acceptors (Lipinski definition) is 2. The Morgan fingerprint density at radius 2 is 1.80 bits per heavy atom. The van der Waals surface area contributed by atoms with Crippen LogP contribution in [0.2, 0.25) is 5.02 Å². The number of nitrogens with two attached hydrogens (primary N) is 1. The summed E-state index contributed by atoms with van der Waals surface area (Å²) in [6.07, 6.45) is 0.843. The molecule has 2 aromatic carbocycles. The fourth-order valence-electron chi connectivity index (χ4n) is 2.28. The van der Waals surface area contributed by atoms with Gasteiger partial charge in [0, 0.05) is 11.1 Å². The lowest BCUT2D eigenvalue weighted by Crippen LogP contribution is -2.17. The summed E-state index contributed by atoms with van der Waals surface area (Å²) in [5.74, 6) is 1.70. The van der Waals surface area contributed by atoms with Crippen LogP contribution in [-0.2, 0) is 6.42 Å². The van der Waals surface area contributed by atoms with Crippen LogP contribution in [0.3, 0.4) is 0 Å². The second-order valence-corrected chi connectivity index (χ2v) is 5.74. The zero-order valence-corrected chi connectivity index (χ0v) is 12.9. The van der Waals surface area contributed by atoms with Crippen LogP contribution in [0.25, 0.3) is 0 Å². The first kappa shape index (κ1) is 14.9. The van der Waals surface area contributed by atoms with Crippen molar-refractivity contribution in [2.75, 3.05) is 0 Å². The van der Waals surface area contributed by atoms with Crippen LogP contribution in [0.5, 0.6) is 11.5 Å². The van der Waals surface area contributed by atoms with Crippen molar-refractivity contribution in [1.82, 2.24) is 0 Å². The standard InChI is InChI=1S/C17H20ClNO/c1-11-7-15(18)8-12(2)17(11)20-16-6-4-5-14(10-16)9-13(3)19/h4-8,10,13H,9,19H2,1-3H3. The maximum atomic E-state index is 6.04. The summed E-state index contributed by atoms with van der Waals surface area (Å²) < 4.78 is 6.02. The van der Waals surface area contributed by atoms with E-state index in [0.717, 1.165) is 34.1 Å². The van der Waals surface area contributed by atoms with Gasteiger partial charge in [0.05, 0.1) is 0 Å². The van der Waals surface area contributed by atoms with Crippen molar-refractivity contribution in [3.8, 4) is 11.5 Å². The minimum Gasteiger partial charge on any atom is -0.457 e. The second kappa shape index (κ2) is 6.29. The van der Waals surface area contributed by atoms with E-state index >= 15 is 0 Å². The molecular weight excluding hydrogens is 270 g/mol. The van der Waals surface area contributed by atoms with Gasteiger partial charge in [-0.05, 0) is 68.1 Å². The van der Waals surface area contributed by atoms with E-state index in [1.54, 1.807) is 0 Å². The molecule has 0 aliphatic carbocycles. The molecule has 1 unspecified atom stereocenters. The van der Waals surface area contributed by atoms with Crippen LogP contribution in [0, 0.1) is 13.8 Å². The molecule has 2 rings (SSSR count). The third kappa shape index (κ3) is 3.75. The number of rotatable bonds is 4. The minimum absolute atomic E-state index is 0.143. The fraction of sp³-hybridized carbons (Fsp3) is 0.294. The van der Waals surface area contributed by atoms with Crippen LogP contribution in [0.4, 0.5) is 0 Å². The van der Waals surface area contributed by atoms with Crippen molar-refractivity contribution in [1.29, 1.82) is 0 Å². The minimum atomic E-state index is 0.143. The SMILES string of the molecule is Cc1cc(Cl)cc(C)c1Oc1cccc(CC(C)N)c1. The van der Waals surface area contributed by atoms with Crippen molar-refractivity contribution in [3.63, 3.8) is 0 Å². The molecule has 2 aromatic rings. The highest BCUT2D eigenvalue weighted by Crippen LogP contribution is 2.31. The predicted octanol–water partition coefficient (Wildman–Crippen LogP) is 4.64. The molecule has 2 N–H and O–H groups in total. The van der Waals surface area contributed by atoms with Crippen LogP contribution < -0.4 is 10.5 Å². The molecule has 0 saturated carbocycles. The van der Waals surface area contributed by atoms with Crippen LogP contribution in [0.1, 0.15) is 23.6 Å². The number of benzene rings is 2. The molecule has 0 radical (unpaired) electrons. The lowest BCUT2D eigenvalue weighted by molar-refractivity contribution is 0.474. The largest absolute Gasteiger partial charge is 0.457 e. The van der Waals surface area contributed by atoms with Gasteiger partial charge in [0.25, 0.3) is 0 Å². The number of ether oxygens (including phenoxy) is 1. The Morgan fingerprint density at radius 1 is 1.15 bits per heavy atom. The van der Waals surface area contributed by atoms with E-state index in [4.69, 9.17) is 22.1 Å². The molecule has 0 heterocycles. The average molecular weight is 290 g/mol. The number of aryl methyl sites for hydroxylation is 2. The first-order valence-electron chi connectivity index (χ1n) is 6.75. The van der Waals surface area contributed by atoms with Crippen molar-refractivity contribution >= 4 is 11.6 Å². The maximum absolute atomic E-state index is 6.04. The quantitative estimate of drug-likeness (QED) is 0.890. The molecule has 0 aliphatic heterocycles. The molecule has 0 bridgehead atoms. The van der Waals surface area contributed by atoms with E-state index < -0.39 is 0 Å². The van der Waals surface area contributed by atoms with Gasteiger partial charge in [0.2, 0.25) is 0 Å². The van der Waals surface area contributed by atoms with E-state index in [2.05, 4.69) is 6.07 Å². The summed E-state index contributed by atoms with van der Waals surface area (Å²) in [5, 5.41) is 0.734.